The van der Waals surface area contributed by atoms with E-state index in [1.807, 2.05) is 6.07 Å². The van der Waals surface area contributed by atoms with E-state index in [-0.39, 0.29) is 26.5 Å². The lowest BCUT2D eigenvalue weighted by Gasteiger charge is -2.35. The van der Waals surface area contributed by atoms with Crippen LogP contribution in [0.15, 0.2) is 84.9 Å². The number of carbonyl (C=O) groups is 1. The number of nitrogens with one attached hydrogen (secondary N) is 1. The van der Waals surface area contributed by atoms with Gasteiger partial charge in [0, 0.05) is 14.1 Å². The van der Waals surface area contributed by atoms with Crippen LogP contribution in [0.5, 0.6) is 5.75 Å². The first-order chi connectivity index (χ1) is 17.0. The van der Waals surface area contributed by atoms with E-state index in [2.05, 4.69) is 34.6 Å². The molecule has 1 heterocycles. The third kappa shape index (κ3) is 5.29. The third-order valence-corrected chi connectivity index (χ3v) is 6.24. The molecule has 0 aliphatic heterocycles. The molecule has 0 radical (unpaired) electrons. The molecule has 0 atom stereocenters. The SMILES string of the molecule is N.Nc1ccc(-c2ccc(F)c(C(=O)Nc3ccc(OC4CC(c5ccccc5)C4)cc3)c2)nc1N.[HH].[HH]. The van der Waals surface area contributed by atoms with Crippen LogP contribution in [0.25, 0.3) is 11.3 Å². The summed E-state index contributed by atoms with van der Waals surface area (Å²) < 4.78 is 20.5. The number of hydrogen-bond acceptors (Lipinski definition) is 6. The summed E-state index contributed by atoms with van der Waals surface area (Å²) in [6.45, 7) is 0. The highest BCUT2D eigenvalue weighted by Crippen LogP contribution is 2.39. The van der Waals surface area contributed by atoms with Gasteiger partial charge in [-0.1, -0.05) is 30.3 Å². The number of halogens is 1. The number of hydrogen-bond donors (Lipinski definition) is 4. The maximum atomic E-state index is 14.4. The van der Waals surface area contributed by atoms with Crippen molar-refractivity contribution in [2.45, 2.75) is 24.9 Å². The summed E-state index contributed by atoms with van der Waals surface area (Å²) in [5.74, 6) is 0.251. The number of pyridine rings is 1. The molecule has 1 saturated carbocycles. The molecule has 4 aromatic rings. The highest BCUT2D eigenvalue weighted by Gasteiger charge is 2.31. The van der Waals surface area contributed by atoms with Gasteiger partial charge in [-0.25, -0.2) is 9.37 Å². The molecule has 36 heavy (non-hydrogen) atoms. The van der Waals surface area contributed by atoms with Gasteiger partial charge in [-0.05, 0) is 78.9 Å². The van der Waals surface area contributed by atoms with Gasteiger partial charge in [0.05, 0.1) is 23.0 Å². The Morgan fingerprint density at radius 1 is 0.972 bits per heavy atom. The predicted molar refractivity (Wildman–Crippen MR) is 145 cm³/mol. The van der Waals surface area contributed by atoms with Crippen LogP contribution in [-0.2, 0) is 0 Å². The van der Waals surface area contributed by atoms with Crippen molar-refractivity contribution in [3.8, 4) is 17.0 Å². The maximum absolute atomic E-state index is 14.4. The van der Waals surface area contributed by atoms with Crippen molar-refractivity contribution < 1.29 is 16.8 Å². The van der Waals surface area contributed by atoms with Crippen molar-refractivity contribution in [3.63, 3.8) is 0 Å². The Balaban J connectivity index is 0.00000169. The number of nitrogen functional groups attached to an aromatic ring is 2. The Kier molecular flexibility index (Phi) is 7.17. The molecule has 188 valence electrons. The van der Waals surface area contributed by atoms with Gasteiger partial charge in [-0.3, -0.25) is 4.79 Å². The van der Waals surface area contributed by atoms with E-state index >= 15 is 0 Å². The molecule has 1 fully saturated rings. The summed E-state index contributed by atoms with van der Waals surface area (Å²) in [7, 11) is 0. The van der Waals surface area contributed by atoms with Crippen LogP contribution in [-0.4, -0.2) is 17.0 Å². The molecule has 7 nitrogen and oxygen atoms in total. The first-order valence-corrected chi connectivity index (χ1v) is 11.4. The Bertz CT molecular complexity index is 1370. The fourth-order valence-corrected chi connectivity index (χ4v) is 4.17. The largest absolute Gasteiger partial charge is 0.490 e. The number of benzene rings is 3. The molecule has 8 heteroatoms. The second-order valence-electron chi connectivity index (χ2n) is 8.66. The standard InChI is InChI=1S/C28H25FN4O2.H3N.2H2/c29-24-11-6-18(26-13-12-25(30)27(31)33-26)16-23(24)28(34)32-20-7-9-21(10-8-20)35-22-14-19(15-22)17-4-2-1-3-5-17;;;/h1-13,16,19,22H,14-15,30H2,(H2,31,33)(H,32,34);1H3;2*1H. The summed E-state index contributed by atoms with van der Waals surface area (Å²) in [5.41, 5.74) is 14.7. The lowest BCUT2D eigenvalue weighted by molar-refractivity contribution is 0.0984. The molecule has 5 rings (SSSR count). The minimum absolute atomic E-state index is 0. The summed E-state index contributed by atoms with van der Waals surface area (Å²) >= 11 is 0. The molecule has 1 aromatic heterocycles. The van der Waals surface area contributed by atoms with Crippen molar-refractivity contribution in [1.82, 2.24) is 11.1 Å². The van der Waals surface area contributed by atoms with Gasteiger partial charge in [0.25, 0.3) is 5.91 Å². The van der Waals surface area contributed by atoms with Gasteiger partial charge >= 0.3 is 0 Å². The zero-order valence-electron chi connectivity index (χ0n) is 19.7. The van der Waals surface area contributed by atoms with Crippen LogP contribution < -0.4 is 27.7 Å². The number of ether oxygens (including phenoxy) is 1. The van der Waals surface area contributed by atoms with E-state index in [1.54, 1.807) is 42.5 Å². The second kappa shape index (κ2) is 10.5. The zero-order valence-corrected chi connectivity index (χ0v) is 19.7. The van der Waals surface area contributed by atoms with E-state index in [0.29, 0.717) is 28.6 Å². The molecule has 0 spiro atoms. The normalized spacial score (nSPS) is 16.4. The van der Waals surface area contributed by atoms with E-state index < -0.39 is 11.7 Å². The molecule has 0 bridgehead atoms. The summed E-state index contributed by atoms with van der Waals surface area (Å²) in [4.78, 5) is 17.0. The topological polar surface area (TPSA) is 138 Å². The van der Waals surface area contributed by atoms with Gasteiger partial charge in [-0.2, -0.15) is 0 Å². The summed E-state index contributed by atoms with van der Waals surface area (Å²) in [6.07, 6.45) is 2.13. The quantitative estimate of drug-likeness (QED) is 0.251. The average Bonchev–Trinajstić information content (AvgIpc) is 2.84. The fraction of sp³-hybridized carbons (Fsp3) is 0.143. The van der Waals surface area contributed by atoms with Gasteiger partial charge in [0.2, 0.25) is 0 Å². The summed E-state index contributed by atoms with van der Waals surface area (Å²) in [5, 5.41) is 2.74. The van der Waals surface area contributed by atoms with Gasteiger partial charge < -0.3 is 27.7 Å². The Morgan fingerprint density at radius 3 is 2.39 bits per heavy atom. The second-order valence-corrected chi connectivity index (χ2v) is 8.66. The van der Waals surface area contributed by atoms with Crippen LogP contribution in [0, 0.1) is 5.82 Å². The Labute approximate surface area is 211 Å². The number of carbonyl (C=O) groups excluding carboxylic acids is 1. The summed E-state index contributed by atoms with van der Waals surface area (Å²) in [6, 6.07) is 25.0. The smallest absolute Gasteiger partial charge is 0.258 e. The monoisotopic (exact) mass is 489 g/mol. The lowest BCUT2D eigenvalue weighted by Crippen LogP contribution is -2.32. The average molecular weight is 490 g/mol. The highest BCUT2D eigenvalue weighted by atomic mass is 19.1. The van der Waals surface area contributed by atoms with Crippen molar-refractivity contribution in [2.24, 2.45) is 0 Å². The molecule has 1 amide bonds. The molecular weight excluding hydrogens is 457 g/mol. The van der Waals surface area contributed by atoms with Crippen LogP contribution in [0.2, 0.25) is 0 Å². The zero-order chi connectivity index (χ0) is 24.4. The molecule has 0 unspecified atom stereocenters. The first-order valence-electron chi connectivity index (χ1n) is 11.4. The number of amides is 1. The number of anilines is 3. The van der Waals surface area contributed by atoms with Crippen LogP contribution >= 0.6 is 0 Å². The van der Waals surface area contributed by atoms with Crippen molar-refractivity contribution in [3.05, 3.63) is 102 Å². The molecule has 1 aliphatic rings. The number of aromatic nitrogens is 1. The van der Waals surface area contributed by atoms with E-state index in [4.69, 9.17) is 16.2 Å². The third-order valence-electron chi connectivity index (χ3n) is 6.24. The van der Waals surface area contributed by atoms with Gasteiger partial charge in [-0.15, -0.1) is 0 Å². The van der Waals surface area contributed by atoms with Crippen LogP contribution in [0.3, 0.4) is 0 Å². The van der Waals surface area contributed by atoms with Crippen molar-refractivity contribution >= 4 is 23.1 Å². The Hall–Kier alpha value is -4.43. The van der Waals surface area contributed by atoms with E-state index in [9.17, 15) is 9.18 Å². The highest BCUT2D eigenvalue weighted by molar-refractivity contribution is 6.05. The molecule has 1 aliphatic carbocycles. The van der Waals surface area contributed by atoms with Crippen molar-refractivity contribution in [2.75, 3.05) is 16.8 Å². The maximum Gasteiger partial charge on any atom is 0.258 e. The Morgan fingerprint density at radius 2 is 1.69 bits per heavy atom. The fourth-order valence-electron chi connectivity index (χ4n) is 4.17. The van der Waals surface area contributed by atoms with E-state index in [1.165, 1.54) is 17.7 Å². The molecule has 0 saturated heterocycles. The van der Waals surface area contributed by atoms with Gasteiger partial charge in [0.1, 0.15) is 17.4 Å². The number of rotatable bonds is 6. The number of nitrogens with two attached hydrogens (primary N) is 2. The lowest BCUT2D eigenvalue weighted by atomic mass is 9.77. The number of nitrogens with zero attached hydrogens (tertiary/aromatic N) is 1. The molecular formula is C28H32FN5O2. The van der Waals surface area contributed by atoms with Crippen molar-refractivity contribution in [1.29, 1.82) is 0 Å². The molecule has 3 aromatic carbocycles. The minimum atomic E-state index is -0.632. The minimum Gasteiger partial charge on any atom is -0.490 e. The molecule has 8 N–H and O–H groups in total. The van der Waals surface area contributed by atoms with Gasteiger partial charge in [0.15, 0.2) is 0 Å². The predicted octanol–water partition coefficient (Wildman–Crippen LogP) is 6.28. The van der Waals surface area contributed by atoms with Crippen LogP contribution in [0.1, 0.15) is 37.5 Å². The van der Waals surface area contributed by atoms with E-state index in [0.717, 1.165) is 18.6 Å². The first kappa shape index (κ1) is 24.7. The van der Waals surface area contributed by atoms with Crippen LogP contribution in [0.4, 0.5) is 21.6 Å².